The van der Waals surface area contributed by atoms with Crippen LogP contribution in [0.4, 0.5) is 13.2 Å². The van der Waals surface area contributed by atoms with E-state index in [0.29, 0.717) is 23.2 Å². The number of hydrogen-bond acceptors (Lipinski definition) is 5. The minimum absolute atomic E-state index is 0.00613. The molecule has 4 nitrogen and oxygen atoms in total. The second kappa shape index (κ2) is 7.57. The van der Waals surface area contributed by atoms with Gasteiger partial charge >= 0.3 is 6.18 Å². The number of methoxy groups -OCH3 is 1. The van der Waals surface area contributed by atoms with Crippen molar-refractivity contribution in [3.63, 3.8) is 0 Å². The first-order chi connectivity index (χ1) is 11.8. The largest absolute Gasteiger partial charge is 0.496 e. The maximum absolute atomic E-state index is 13.0. The number of nitrogens with zero attached hydrogens (tertiary/aromatic N) is 2. The Hall–Kier alpha value is -2.53. The number of benzene rings is 1. The summed E-state index contributed by atoms with van der Waals surface area (Å²) < 4.78 is 44.0. The summed E-state index contributed by atoms with van der Waals surface area (Å²) in [6.07, 6.45) is -3.93. The zero-order valence-electron chi connectivity index (χ0n) is 13.3. The zero-order chi connectivity index (χ0) is 18.6. The lowest BCUT2D eigenvalue weighted by molar-refractivity contribution is -0.141. The number of aldehydes is 1. The third-order valence-electron chi connectivity index (χ3n) is 3.39. The first-order valence-corrected chi connectivity index (χ1v) is 8.02. The fraction of sp³-hybridized carbons (Fsp3) is 0.235. The normalized spacial score (nSPS) is 11.0. The molecule has 0 radical (unpaired) electrons. The van der Waals surface area contributed by atoms with Crippen LogP contribution in [-0.4, -0.2) is 18.4 Å². The van der Waals surface area contributed by atoms with Gasteiger partial charge in [-0.2, -0.15) is 18.4 Å². The molecule has 0 aliphatic rings. The van der Waals surface area contributed by atoms with Gasteiger partial charge in [0.1, 0.15) is 28.8 Å². The molecule has 1 aromatic carbocycles. The average Bonchev–Trinajstić information content (AvgIpc) is 2.58. The highest BCUT2D eigenvalue weighted by molar-refractivity contribution is 7.98. The van der Waals surface area contributed by atoms with Crippen LogP contribution in [0.1, 0.15) is 32.7 Å². The molecular formula is C17H13F3N2O2S. The highest BCUT2D eigenvalue weighted by atomic mass is 32.2. The third kappa shape index (κ3) is 4.31. The second-order valence-corrected chi connectivity index (χ2v) is 6.06. The van der Waals surface area contributed by atoms with Crippen molar-refractivity contribution < 1.29 is 22.7 Å². The van der Waals surface area contributed by atoms with E-state index in [4.69, 9.17) is 4.74 Å². The number of carbonyl (C=O) groups is 1. The summed E-state index contributed by atoms with van der Waals surface area (Å²) in [5.74, 6) is 0.702. The lowest BCUT2D eigenvalue weighted by atomic mass is 10.1. The molecule has 25 heavy (non-hydrogen) atoms. The summed E-state index contributed by atoms with van der Waals surface area (Å²) in [6.45, 7) is 1.44. The molecule has 8 heteroatoms. The van der Waals surface area contributed by atoms with Gasteiger partial charge in [0.25, 0.3) is 0 Å². The predicted molar refractivity (Wildman–Crippen MR) is 86.6 cm³/mol. The molecule has 0 spiro atoms. The molecule has 0 fully saturated rings. The first-order valence-electron chi connectivity index (χ1n) is 7.04. The zero-order valence-corrected chi connectivity index (χ0v) is 14.2. The van der Waals surface area contributed by atoms with Gasteiger partial charge in [0, 0.05) is 16.9 Å². The van der Waals surface area contributed by atoms with Gasteiger partial charge in [-0.25, -0.2) is 4.98 Å². The van der Waals surface area contributed by atoms with Crippen LogP contribution in [0.5, 0.6) is 5.75 Å². The Bertz CT molecular complexity index is 845. The number of carbonyl (C=O) groups excluding carboxylic acids is 1. The topological polar surface area (TPSA) is 63.0 Å². The number of aromatic nitrogens is 1. The molecule has 2 rings (SSSR count). The van der Waals surface area contributed by atoms with Crippen molar-refractivity contribution in [2.75, 3.05) is 7.11 Å². The van der Waals surface area contributed by atoms with Crippen molar-refractivity contribution in [1.29, 1.82) is 5.26 Å². The average molecular weight is 366 g/mol. The summed E-state index contributed by atoms with van der Waals surface area (Å²) >= 11 is 0.988. The number of halogens is 3. The van der Waals surface area contributed by atoms with Crippen LogP contribution in [0.2, 0.25) is 0 Å². The Morgan fingerprint density at radius 1 is 1.36 bits per heavy atom. The molecule has 0 amide bonds. The van der Waals surface area contributed by atoms with Gasteiger partial charge in [-0.15, -0.1) is 11.8 Å². The van der Waals surface area contributed by atoms with Crippen LogP contribution in [0.15, 0.2) is 29.3 Å². The molecule has 0 aliphatic heterocycles. The monoisotopic (exact) mass is 366 g/mol. The number of hydrogen-bond donors (Lipinski definition) is 0. The van der Waals surface area contributed by atoms with E-state index >= 15 is 0 Å². The smallest absolute Gasteiger partial charge is 0.433 e. The summed E-state index contributed by atoms with van der Waals surface area (Å²) in [7, 11) is 1.46. The van der Waals surface area contributed by atoms with Crippen molar-refractivity contribution >= 4 is 18.0 Å². The molecule has 0 atom stereocenters. The van der Waals surface area contributed by atoms with Gasteiger partial charge in [-0.3, -0.25) is 4.79 Å². The third-order valence-corrected chi connectivity index (χ3v) is 4.41. The molecule has 0 saturated carbocycles. The second-order valence-electron chi connectivity index (χ2n) is 5.09. The quantitative estimate of drug-likeness (QED) is 0.580. The minimum Gasteiger partial charge on any atom is -0.496 e. The van der Waals surface area contributed by atoms with Crippen LogP contribution in [0, 0.1) is 18.3 Å². The Kier molecular flexibility index (Phi) is 5.69. The van der Waals surface area contributed by atoms with E-state index in [0.717, 1.165) is 17.8 Å². The van der Waals surface area contributed by atoms with Gasteiger partial charge in [0.05, 0.1) is 12.7 Å². The Morgan fingerprint density at radius 2 is 2.08 bits per heavy atom. The van der Waals surface area contributed by atoms with Crippen molar-refractivity contribution in [2.24, 2.45) is 0 Å². The molecule has 0 aliphatic carbocycles. The van der Waals surface area contributed by atoms with Gasteiger partial charge in [-0.1, -0.05) is 0 Å². The Morgan fingerprint density at radius 3 is 2.64 bits per heavy atom. The lowest BCUT2D eigenvalue weighted by Crippen LogP contribution is -2.10. The lowest BCUT2D eigenvalue weighted by Gasteiger charge is -2.13. The summed E-state index contributed by atoms with van der Waals surface area (Å²) in [5.41, 5.74) is 0.312. The minimum atomic E-state index is -4.59. The SMILES string of the molecule is COc1ccc(C=O)cc1CSc1nc(C(F)(F)F)cc(C)c1C#N. The molecule has 0 N–H and O–H groups in total. The van der Waals surface area contributed by atoms with Crippen LogP contribution in [0.3, 0.4) is 0 Å². The molecular weight excluding hydrogens is 353 g/mol. The van der Waals surface area contributed by atoms with Crippen LogP contribution in [0.25, 0.3) is 0 Å². The number of ether oxygens (including phenoxy) is 1. The molecule has 1 heterocycles. The number of rotatable bonds is 5. The van der Waals surface area contributed by atoms with E-state index in [1.807, 2.05) is 6.07 Å². The van der Waals surface area contributed by atoms with Gasteiger partial charge in [-0.05, 0) is 36.8 Å². The fourth-order valence-electron chi connectivity index (χ4n) is 2.16. The highest BCUT2D eigenvalue weighted by Gasteiger charge is 2.34. The van der Waals surface area contributed by atoms with Gasteiger partial charge in [0.2, 0.25) is 0 Å². The van der Waals surface area contributed by atoms with E-state index in [1.165, 1.54) is 14.0 Å². The molecule has 2 aromatic rings. The van der Waals surface area contributed by atoms with E-state index in [1.54, 1.807) is 18.2 Å². The molecule has 0 saturated heterocycles. The highest BCUT2D eigenvalue weighted by Crippen LogP contribution is 2.34. The number of nitriles is 1. The van der Waals surface area contributed by atoms with Crippen LogP contribution in [-0.2, 0) is 11.9 Å². The molecule has 130 valence electrons. The van der Waals surface area contributed by atoms with Gasteiger partial charge in [0.15, 0.2) is 0 Å². The molecule has 0 unspecified atom stereocenters. The van der Waals surface area contributed by atoms with Gasteiger partial charge < -0.3 is 4.74 Å². The van der Waals surface area contributed by atoms with Crippen molar-refractivity contribution in [3.8, 4) is 11.8 Å². The van der Waals surface area contributed by atoms with Crippen molar-refractivity contribution in [2.45, 2.75) is 23.9 Å². The van der Waals surface area contributed by atoms with E-state index in [-0.39, 0.29) is 21.9 Å². The standard InChI is InChI=1S/C17H13F3N2O2S/c1-10-5-15(17(18,19)20)22-16(13(10)7-21)25-9-12-6-11(8-23)3-4-14(12)24-2/h3-6,8H,9H2,1-2H3. The number of alkyl halides is 3. The van der Waals surface area contributed by atoms with Crippen LogP contribution >= 0.6 is 11.8 Å². The number of aryl methyl sites for hydroxylation is 1. The predicted octanol–water partition coefficient (Wildman–Crippen LogP) is 4.39. The fourth-order valence-corrected chi connectivity index (χ4v) is 3.19. The molecule has 0 bridgehead atoms. The number of thioether (sulfide) groups is 1. The van der Waals surface area contributed by atoms with E-state index < -0.39 is 11.9 Å². The first kappa shape index (κ1) is 18.8. The van der Waals surface area contributed by atoms with Crippen LogP contribution < -0.4 is 4.74 Å². The summed E-state index contributed by atoms with van der Waals surface area (Å²) in [6, 6.07) is 7.52. The summed E-state index contributed by atoms with van der Waals surface area (Å²) in [5, 5.41) is 9.21. The van der Waals surface area contributed by atoms with Crippen molar-refractivity contribution in [1.82, 2.24) is 4.98 Å². The maximum atomic E-state index is 13.0. The van der Waals surface area contributed by atoms with E-state index in [2.05, 4.69) is 4.98 Å². The maximum Gasteiger partial charge on any atom is 0.433 e. The Labute approximate surface area is 146 Å². The summed E-state index contributed by atoms with van der Waals surface area (Å²) in [4.78, 5) is 14.5. The number of pyridine rings is 1. The van der Waals surface area contributed by atoms with E-state index in [9.17, 15) is 23.2 Å². The van der Waals surface area contributed by atoms with Crippen molar-refractivity contribution in [3.05, 3.63) is 52.2 Å². The Balaban J connectivity index is 2.39. The molecule has 1 aromatic heterocycles.